The van der Waals surface area contributed by atoms with Gasteiger partial charge in [-0.3, -0.25) is 0 Å². The summed E-state index contributed by atoms with van der Waals surface area (Å²) in [6, 6.07) is 57.1. The van der Waals surface area contributed by atoms with Crippen molar-refractivity contribution < 1.29 is 8.83 Å². The maximum absolute atomic E-state index is 6.78. The van der Waals surface area contributed by atoms with Crippen molar-refractivity contribution in [3.05, 3.63) is 187 Å². The number of rotatable bonds is 4. The van der Waals surface area contributed by atoms with E-state index in [1.165, 1.54) is 21.5 Å². The summed E-state index contributed by atoms with van der Waals surface area (Å²) in [6.45, 7) is 0. The SMILES string of the molecule is C1=C(c2ccc3ccc4ccccc4c3c2)N=C(c2ccc(-c3cccc4c3oc3ccccc34)c3oc4ccccc4c23)N=C(c2ccccc2)C1. The molecule has 53 heavy (non-hydrogen) atoms. The Morgan fingerprint density at radius 2 is 1.06 bits per heavy atom. The number of allylic oxidation sites excluding steroid dienone is 1. The highest BCUT2D eigenvalue weighted by Crippen LogP contribution is 2.43. The van der Waals surface area contributed by atoms with Crippen LogP contribution in [0.2, 0.25) is 0 Å². The average Bonchev–Trinajstić information content (AvgIpc) is 3.72. The second kappa shape index (κ2) is 11.8. The zero-order valence-electron chi connectivity index (χ0n) is 28.6. The zero-order chi connectivity index (χ0) is 34.9. The molecule has 0 aliphatic carbocycles. The molecular weight excluding hydrogens is 649 g/mol. The lowest BCUT2D eigenvalue weighted by molar-refractivity contribution is 0.665. The second-order valence-electron chi connectivity index (χ2n) is 13.6. The Morgan fingerprint density at radius 1 is 0.415 bits per heavy atom. The van der Waals surface area contributed by atoms with E-state index in [-0.39, 0.29) is 0 Å². The molecule has 0 N–H and O–H groups in total. The zero-order valence-corrected chi connectivity index (χ0v) is 28.6. The molecule has 4 heteroatoms. The van der Waals surface area contributed by atoms with Gasteiger partial charge in [-0.15, -0.1) is 0 Å². The topological polar surface area (TPSA) is 51.0 Å². The van der Waals surface area contributed by atoms with Crippen LogP contribution in [0.25, 0.3) is 82.2 Å². The van der Waals surface area contributed by atoms with Crippen LogP contribution >= 0.6 is 0 Å². The molecule has 0 atom stereocenters. The van der Waals surface area contributed by atoms with Crippen molar-refractivity contribution in [3.63, 3.8) is 0 Å². The number of fused-ring (bicyclic) bond motifs is 9. The molecule has 10 aromatic rings. The molecule has 8 aromatic carbocycles. The lowest BCUT2D eigenvalue weighted by atomic mass is 9.96. The van der Waals surface area contributed by atoms with Crippen molar-refractivity contribution in [1.82, 2.24) is 0 Å². The van der Waals surface area contributed by atoms with Gasteiger partial charge in [-0.05, 0) is 57.4 Å². The van der Waals surface area contributed by atoms with Crippen LogP contribution in [-0.4, -0.2) is 11.5 Å². The molecule has 0 saturated heterocycles. The van der Waals surface area contributed by atoms with E-state index in [1.54, 1.807) is 0 Å². The van der Waals surface area contributed by atoms with Gasteiger partial charge in [-0.1, -0.05) is 140 Å². The quantitative estimate of drug-likeness (QED) is 0.174. The number of hydrogen-bond acceptors (Lipinski definition) is 4. The van der Waals surface area contributed by atoms with Crippen LogP contribution in [0, 0.1) is 0 Å². The van der Waals surface area contributed by atoms with Gasteiger partial charge in [0.2, 0.25) is 0 Å². The lowest BCUT2D eigenvalue weighted by Crippen LogP contribution is -2.05. The molecule has 248 valence electrons. The first-order valence-electron chi connectivity index (χ1n) is 18.0. The highest BCUT2D eigenvalue weighted by Gasteiger charge is 2.23. The minimum absolute atomic E-state index is 0.640. The molecule has 3 heterocycles. The highest BCUT2D eigenvalue weighted by molar-refractivity contribution is 6.25. The van der Waals surface area contributed by atoms with Crippen molar-refractivity contribution in [2.24, 2.45) is 9.98 Å². The van der Waals surface area contributed by atoms with Gasteiger partial charge < -0.3 is 8.83 Å². The van der Waals surface area contributed by atoms with Gasteiger partial charge in [-0.2, -0.15) is 0 Å². The third-order valence-electron chi connectivity index (χ3n) is 10.6. The number of nitrogens with zero attached hydrogens (tertiary/aromatic N) is 2. The third-order valence-corrected chi connectivity index (χ3v) is 10.6. The molecule has 0 spiro atoms. The largest absolute Gasteiger partial charge is 0.455 e. The summed E-state index contributed by atoms with van der Waals surface area (Å²) in [5.74, 6) is 0.649. The van der Waals surface area contributed by atoms with Gasteiger partial charge >= 0.3 is 0 Å². The second-order valence-corrected chi connectivity index (χ2v) is 13.6. The van der Waals surface area contributed by atoms with Gasteiger partial charge in [0.05, 0.1) is 11.4 Å². The molecule has 2 aromatic heterocycles. The normalized spacial score (nSPS) is 13.5. The van der Waals surface area contributed by atoms with Gasteiger partial charge in [0.25, 0.3) is 0 Å². The number of aliphatic imine (C=N–C) groups is 2. The van der Waals surface area contributed by atoms with Crippen LogP contribution in [0.15, 0.2) is 189 Å². The number of benzene rings is 8. The number of para-hydroxylation sites is 3. The van der Waals surface area contributed by atoms with Gasteiger partial charge in [0.15, 0.2) is 5.84 Å². The van der Waals surface area contributed by atoms with Crippen molar-refractivity contribution in [3.8, 4) is 11.1 Å². The fourth-order valence-electron chi connectivity index (χ4n) is 8.01. The van der Waals surface area contributed by atoms with Crippen LogP contribution in [-0.2, 0) is 0 Å². The molecule has 0 bridgehead atoms. The fraction of sp³-hybridized carbons (Fsp3) is 0.0204. The predicted molar refractivity (Wildman–Crippen MR) is 220 cm³/mol. The maximum atomic E-state index is 6.78. The summed E-state index contributed by atoms with van der Waals surface area (Å²) >= 11 is 0. The molecular formula is C49H30N2O2. The van der Waals surface area contributed by atoms with Crippen LogP contribution in [0.1, 0.15) is 23.1 Å². The Bertz CT molecular complexity index is 3200. The Kier molecular flexibility index (Phi) is 6.58. The minimum Gasteiger partial charge on any atom is -0.455 e. The molecule has 11 rings (SSSR count). The number of furan rings is 2. The van der Waals surface area contributed by atoms with Crippen molar-refractivity contribution in [2.45, 2.75) is 6.42 Å². The fourth-order valence-corrected chi connectivity index (χ4v) is 8.01. The third kappa shape index (κ3) is 4.77. The molecule has 0 radical (unpaired) electrons. The first kappa shape index (κ1) is 29.7. The van der Waals surface area contributed by atoms with Gasteiger partial charge in [0, 0.05) is 50.2 Å². The molecule has 1 aliphatic heterocycles. The molecule has 0 amide bonds. The highest BCUT2D eigenvalue weighted by atomic mass is 16.3. The van der Waals surface area contributed by atoms with E-state index in [2.05, 4.69) is 140 Å². The van der Waals surface area contributed by atoms with E-state index >= 15 is 0 Å². The van der Waals surface area contributed by atoms with E-state index in [0.29, 0.717) is 12.3 Å². The van der Waals surface area contributed by atoms with Crippen molar-refractivity contribution >= 4 is 82.7 Å². The summed E-state index contributed by atoms with van der Waals surface area (Å²) in [6.07, 6.45) is 2.85. The van der Waals surface area contributed by atoms with Crippen molar-refractivity contribution in [2.75, 3.05) is 0 Å². The first-order chi connectivity index (χ1) is 26.3. The Labute approximate surface area is 304 Å². The summed E-state index contributed by atoms with van der Waals surface area (Å²) in [4.78, 5) is 10.8. The van der Waals surface area contributed by atoms with E-state index in [4.69, 9.17) is 18.8 Å². The summed E-state index contributed by atoms with van der Waals surface area (Å²) < 4.78 is 13.3. The van der Waals surface area contributed by atoms with E-state index < -0.39 is 0 Å². The Morgan fingerprint density at radius 3 is 1.92 bits per heavy atom. The molecule has 0 unspecified atom stereocenters. The summed E-state index contributed by atoms with van der Waals surface area (Å²) in [5.41, 5.74) is 10.1. The minimum atomic E-state index is 0.640. The predicted octanol–water partition coefficient (Wildman–Crippen LogP) is 13.1. The monoisotopic (exact) mass is 678 g/mol. The van der Waals surface area contributed by atoms with Crippen LogP contribution < -0.4 is 0 Å². The Hall–Kier alpha value is -7.04. The Balaban J connectivity index is 1.16. The van der Waals surface area contributed by atoms with Crippen LogP contribution in [0.3, 0.4) is 0 Å². The van der Waals surface area contributed by atoms with E-state index in [9.17, 15) is 0 Å². The first-order valence-corrected chi connectivity index (χ1v) is 18.0. The number of amidine groups is 1. The van der Waals surface area contributed by atoms with Gasteiger partial charge in [0.1, 0.15) is 22.3 Å². The summed E-state index contributed by atoms with van der Waals surface area (Å²) in [5, 5.41) is 9.03. The van der Waals surface area contributed by atoms with Gasteiger partial charge in [-0.25, -0.2) is 9.98 Å². The maximum Gasteiger partial charge on any atom is 0.160 e. The molecule has 1 aliphatic rings. The van der Waals surface area contributed by atoms with E-state index in [0.717, 1.165) is 83.1 Å². The summed E-state index contributed by atoms with van der Waals surface area (Å²) in [7, 11) is 0. The van der Waals surface area contributed by atoms with Crippen molar-refractivity contribution in [1.29, 1.82) is 0 Å². The molecule has 0 saturated carbocycles. The standard InChI is InChI=1S/C49H30N2O2/c1-2-12-32(13-3-1)42-27-28-43(33-24-23-31-22-21-30-11-4-5-14-34(30)41(31)29-33)51-49(50-42)40-26-25-38(48-46(40)39-16-7-9-20-45(39)53-48)37-18-10-17-36-35-15-6-8-19-44(35)52-47(36)37/h1-26,28-29H,27H2. The van der Waals surface area contributed by atoms with Crippen LogP contribution in [0.5, 0.6) is 0 Å². The molecule has 0 fully saturated rings. The lowest BCUT2D eigenvalue weighted by Gasteiger charge is -2.11. The van der Waals surface area contributed by atoms with E-state index in [1.807, 2.05) is 30.3 Å². The van der Waals surface area contributed by atoms with Crippen LogP contribution in [0.4, 0.5) is 0 Å². The number of hydrogen-bond donors (Lipinski definition) is 0. The molecule has 4 nitrogen and oxygen atoms in total. The smallest absolute Gasteiger partial charge is 0.160 e. The average molecular weight is 679 g/mol.